The molecule has 108 valence electrons. The fraction of sp³-hybridized carbons (Fsp3) is 0. The van der Waals surface area contributed by atoms with Gasteiger partial charge in [0, 0.05) is 22.9 Å². The number of amides is 1. The fourth-order valence-electron chi connectivity index (χ4n) is 2.26. The van der Waals surface area contributed by atoms with Crippen molar-refractivity contribution in [3.05, 3.63) is 84.4 Å². The van der Waals surface area contributed by atoms with Crippen molar-refractivity contribution in [2.45, 2.75) is 0 Å². The monoisotopic (exact) mass is 289 g/mol. The maximum absolute atomic E-state index is 12.1. The highest BCUT2D eigenvalue weighted by Gasteiger charge is 2.08. The summed E-state index contributed by atoms with van der Waals surface area (Å²) in [5.41, 5.74) is 2.81. The maximum atomic E-state index is 12.1. The molecule has 0 radical (unpaired) electrons. The number of anilines is 1. The van der Waals surface area contributed by atoms with Crippen molar-refractivity contribution in [1.29, 1.82) is 0 Å². The molecule has 1 amide bonds. The molecule has 0 spiro atoms. The molecular weight excluding hydrogens is 274 g/mol. The number of nitrogens with one attached hydrogen (secondary N) is 1. The van der Waals surface area contributed by atoms with E-state index < -0.39 is 0 Å². The molecular formula is C19H15NO2. The Morgan fingerprint density at radius 2 is 1.45 bits per heavy atom. The molecule has 3 rings (SSSR count). The van der Waals surface area contributed by atoms with E-state index >= 15 is 0 Å². The minimum atomic E-state index is -0.201. The SMILES string of the molecule is O=C(Nc1ccc(-c2ccccc2)c(O)c1)c1ccccc1. The van der Waals surface area contributed by atoms with Crippen molar-refractivity contribution in [2.75, 3.05) is 5.32 Å². The van der Waals surface area contributed by atoms with Crippen LogP contribution in [0.5, 0.6) is 5.75 Å². The summed E-state index contributed by atoms with van der Waals surface area (Å²) in [7, 11) is 0. The molecule has 0 saturated heterocycles. The summed E-state index contributed by atoms with van der Waals surface area (Å²) in [5.74, 6) is -0.0653. The first-order valence-corrected chi connectivity index (χ1v) is 6.99. The van der Waals surface area contributed by atoms with Gasteiger partial charge < -0.3 is 10.4 Å². The quantitative estimate of drug-likeness (QED) is 0.754. The number of carbonyl (C=O) groups is 1. The van der Waals surface area contributed by atoms with Crippen LogP contribution in [-0.4, -0.2) is 11.0 Å². The third-order valence-corrected chi connectivity index (χ3v) is 3.38. The topological polar surface area (TPSA) is 49.3 Å². The number of phenolic OH excluding ortho intramolecular Hbond substituents is 1. The van der Waals surface area contributed by atoms with Gasteiger partial charge in [-0.2, -0.15) is 0 Å². The largest absolute Gasteiger partial charge is 0.507 e. The van der Waals surface area contributed by atoms with Crippen molar-refractivity contribution < 1.29 is 9.90 Å². The van der Waals surface area contributed by atoms with E-state index in [-0.39, 0.29) is 11.7 Å². The van der Waals surface area contributed by atoms with Crippen LogP contribution >= 0.6 is 0 Å². The second-order valence-corrected chi connectivity index (χ2v) is 4.92. The highest BCUT2D eigenvalue weighted by atomic mass is 16.3. The summed E-state index contributed by atoms with van der Waals surface area (Å²) in [4.78, 5) is 12.1. The van der Waals surface area contributed by atoms with Gasteiger partial charge in [0.2, 0.25) is 0 Å². The van der Waals surface area contributed by atoms with E-state index in [4.69, 9.17) is 0 Å². The molecule has 0 heterocycles. The standard InChI is InChI=1S/C19H15NO2/c21-18-13-16(20-19(22)15-9-5-2-6-10-15)11-12-17(18)14-7-3-1-4-8-14/h1-13,21H,(H,20,22). The lowest BCUT2D eigenvalue weighted by atomic mass is 10.0. The van der Waals surface area contributed by atoms with Gasteiger partial charge in [0.25, 0.3) is 5.91 Å². The van der Waals surface area contributed by atoms with Crippen LogP contribution in [0, 0.1) is 0 Å². The average molecular weight is 289 g/mol. The van der Waals surface area contributed by atoms with Crippen LogP contribution in [0.25, 0.3) is 11.1 Å². The van der Waals surface area contributed by atoms with Crippen molar-refractivity contribution >= 4 is 11.6 Å². The van der Waals surface area contributed by atoms with Crippen molar-refractivity contribution in [3.63, 3.8) is 0 Å². The first kappa shape index (κ1) is 13.9. The van der Waals surface area contributed by atoms with E-state index in [9.17, 15) is 9.90 Å². The Balaban J connectivity index is 1.82. The van der Waals surface area contributed by atoms with Gasteiger partial charge in [-0.15, -0.1) is 0 Å². The zero-order chi connectivity index (χ0) is 15.4. The summed E-state index contributed by atoms with van der Waals surface area (Å²) in [6.45, 7) is 0. The minimum Gasteiger partial charge on any atom is -0.507 e. The van der Waals surface area contributed by atoms with Gasteiger partial charge >= 0.3 is 0 Å². The van der Waals surface area contributed by atoms with Gasteiger partial charge in [-0.05, 0) is 29.8 Å². The van der Waals surface area contributed by atoms with Crippen LogP contribution in [0.3, 0.4) is 0 Å². The normalized spacial score (nSPS) is 10.2. The number of phenols is 1. The summed E-state index contributed by atoms with van der Waals surface area (Å²) in [6.07, 6.45) is 0. The summed E-state index contributed by atoms with van der Waals surface area (Å²) in [6, 6.07) is 23.7. The molecule has 0 aliphatic carbocycles. The van der Waals surface area contributed by atoms with Crippen LogP contribution in [0.15, 0.2) is 78.9 Å². The second kappa shape index (κ2) is 6.14. The molecule has 3 aromatic rings. The van der Waals surface area contributed by atoms with E-state index in [0.29, 0.717) is 11.3 Å². The Labute approximate surface area is 128 Å². The molecule has 0 atom stereocenters. The first-order valence-electron chi connectivity index (χ1n) is 6.99. The first-order chi connectivity index (χ1) is 10.7. The van der Waals surface area contributed by atoms with Gasteiger partial charge in [0.1, 0.15) is 5.75 Å². The van der Waals surface area contributed by atoms with Crippen LogP contribution in [0.4, 0.5) is 5.69 Å². The van der Waals surface area contributed by atoms with Gasteiger partial charge in [0.05, 0.1) is 0 Å². The molecule has 0 aliphatic heterocycles. The van der Waals surface area contributed by atoms with Crippen LogP contribution in [0.1, 0.15) is 10.4 Å². The molecule has 3 heteroatoms. The molecule has 0 aromatic heterocycles. The molecule has 0 fully saturated rings. The van der Waals surface area contributed by atoms with E-state index in [1.165, 1.54) is 0 Å². The molecule has 0 bridgehead atoms. The van der Waals surface area contributed by atoms with Crippen molar-refractivity contribution in [2.24, 2.45) is 0 Å². The molecule has 0 saturated carbocycles. The second-order valence-electron chi connectivity index (χ2n) is 4.92. The number of aromatic hydroxyl groups is 1. The van der Waals surface area contributed by atoms with Crippen LogP contribution in [0.2, 0.25) is 0 Å². The Morgan fingerprint density at radius 1 is 0.818 bits per heavy atom. The Hall–Kier alpha value is -3.07. The Kier molecular flexibility index (Phi) is 3.88. The summed E-state index contributed by atoms with van der Waals surface area (Å²) < 4.78 is 0. The van der Waals surface area contributed by atoms with E-state index in [1.807, 2.05) is 48.5 Å². The number of benzene rings is 3. The maximum Gasteiger partial charge on any atom is 0.255 e. The highest BCUT2D eigenvalue weighted by molar-refractivity contribution is 6.04. The number of hydrogen-bond donors (Lipinski definition) is 2. The predicted octanol–water partition coefficient (Wildman–Crippen LogP) is 4.31. The van der Waals surface area contributed by atoms with Crippen molar-refractivity contribution in [3.8, 4) is 16.9 Å². The van der Waals surface area contributed by atoms with Crippen molar-refractivity contribution in [1.82, 2.24) is 0 Å². The van der Waals surface area contributed by atoms with Gasteiger partial charge in [0.15, 0.2) is 0 Å². The van der Waals surface area contributed by atoms with Gasteiger partial charge in [-0.3, -0.25) is 4.79 Å². The third kappa shape index (κ3) is 2.99. The fourth-order valence-corrected chi connectivity index (χ4v) is 2.26. The van der Waals surface area contributed by atoms with Crippen LogP contribution in [-0.2, 0) is 0 Å². The van der Waals surface area contributed by atoms with E-state index in [1.54, 1.807) is 30.3 Å². The number of carbonyl (C=O) groups excluding carboxylic acids is 1. The summed E-state index contributed by atoms with van der Waals surface area (Å²) in [5, 5.41) is 13.0. The molecule has 2 N–H and O–H groups in total. The minimum absolute atomic E-state index is 0.136. The lowest BCUT2D eigenvalue weighted by Crippen LogP contribution is -2.11. The third-order valence-electron chi connectivity index (χ3n) is 3.38. The molecule has 22 heavy (non-hydrogen) atoms. The highest BCUT2D eigenvalue weighted by Crippen LogP contribution is 2.31. The number of rotatable bonds is 3. The van der Waals surface area contributed by atoms with E-state index in [2.05, 4.69) is 5.32 Å². The molecule has 0 aliphatic rings. The average Bonchev–Trinajstić information content (AvgIpc) is 2.56. The van der Waals surface area contributed by atoms with Gasteiger partial charge in [-0.25, -0.2) is 0 Å². The molecule has 0 unspecified atom stereocenters. The molecule has 3 aromatic carbocycles. The zero-order valence-corrected chi connectivity index (χ0v) is 11.9. The predicted molar refractivity (Wildman–Crippen MR) is 87.9 cm³/mol. The lowest BCUT2D eigenvalue weighted by Gasteiger charge is -2.09. The van der Waals surface area contributed by atoms with Gasteiger partial charge in [-0.1, -0.05) is 48.5 Å². The molecule has 3 nitrogen and oxygen atoms in total. The lowest BCUT2D eigenvalue weighted by molar-refractivity contribution is 0.102. The smallest absolute Gasteiger partial charge is 0.255 e. The van der Waals surface area contributed by atoms with E-state index in [0.717, 1.165) is 11.1 Å². The Bertz CT molecular complexity index is 783. The summed E-state index contributed by atoms with van der Waals surface area (Å²) >= 11 is 0. The Morgan fingerprint density at radius 3 is 2.09 bits per heavy atom. The zero-order valence-electron chi connectivity index (χ0n) is 11.9. The number of hydrogen-bond acceptors (Lipinski definition) is 2. The van der Waals surface area contributed by atoms with Crippen LogP contribution < -0.4 is 5.32 Å².